The Kier molecular flexibility index (Phi) is 14.2. The molecule has 0 unspecified atom stereocenters. The maximum Gasteiger partial charge on any atom is 0.331 e. The molecule has 172 valence electrons. The summed E-state index contributed by atoms with van der Waals surface area (Å²) in [5.41, 5.74) is 0. The van der Waals surface area contributed by atoms with Gasteiger partial charge < -0.3 is 25.2 Å². The molecule has 0 spiro atoms. The number of hydrogen-bond donors (Lipinski definition) is 4. The van der Waals surface area contributed by atoms with Gasteiger partial charge in [0.15, 0.2) is 0 Å². The van der Waals surface area contributed by atoms with Gasteiger partial charge in [0.25, 0.3) is 0 Å². The van der Waals surface area contributed by atoms with Gasteiger partial charge in [-0.05, 0) is 32.1 Å². The number of allylic oxidation sites excluding steroid dienone is 6. The molecule has 1 aliphatic rings. The maximum atomic E-state index is 11.9. The van der Waals surface area contributed by atoms with Crippen LogP contribution in [-0.2, 0) is 9.53 Å². The zero-order chi connectivity index (χ0) is 22.9. The lowest BCUT2D eigenvalue weighted by atomic mass is 10.1. The summed E-state index contributed by atoms with van der Waals surface area (Å²) in [6, 6.07) is 0. The first-order valence-electron chi connectivity index (χ1n) is 10.8. The Balaban J connectivity index is 2.78. The topological polar surface area (TPSA) is 107 Å². The van der Waals surface area contributed by atoms with Crippen LogP contribution in [-0.4, -0.2) is 56.9 Å². The molecule has 0 aromatic rings. The van der Waals surface area contributed by atoms with Crippen LogP contribution < -0.4 is 0 Å². The Morgan fingerprint density at radius 3 is 2.16 bits per heavy atom. The summed E-state index contributed by atoms with van der Waals surface area (Å²) in [6.07, 6.45) is 19.1. The van der Waals surface area contributed by atoms with Crippen molar-refractivity contribution in [2.45, 2.75) is 76.0 Å². The van der Waals surface area contributed by atoms with Crippen LogP contribution in [0.1, 0.15) is 45.4 Å². The number of aliphatic hydroxyl groups is 4. The van der Waals surface area contributed by atoms with Crippen molar-refractivity contribution < 1.29 is 30.0 Å². The van der Waals surface area contributed by atoms with Crippen LogP contribution >= 0.6 is 0 Å². The van der Waals surface area contributed by atoms with E-state index in [9.17, 15) is 25.2 Å². The second kappa shape index (κ2) is 16.4. The molecular weight excluding hydrogens is 396 g/mol. The molecule has 1 aliphatic heterocycles. The first-order chi connectivity index (χ1) is 14.9. The molecule has 31 heavy (non-hydrogen) atoms. The van der Waals surface area contributed by atoms with Crippen LogP contribution in [0.4, 0.5) is 0 Å². The van der Waals surface area contributed by atoms with Gasteiger partial charge in [0, 0.05) is 12.5 Å². The summed E-state index contributed by atoms with van der Waals surface area (Å²) < 4.78 is 5.40. The third kappa shape index (κ3) is 14.4. The van der Waals surface area contributed by atoms with E-state index in [1.807, 2.05) is 6.92 Å². The molecule has 4 N–H and O–H groups in total. The third-order valence-corrected chi connectivity index (χ3v) is 4.66. The van der Waals surface area contributed by atoms with Crippen LogP contribution in [0.15, 0.2) is 72.9 Å². The highest BCUT2D eigenvalue weighted by Gasteiger charge is 2.12. The molecule has 0 saturated carbocycles. The van der Waals surface area contributed by atoms with Crippen LogP contribution in [0.3, 0.4) is 0 Å². The van der Waals surface area contributed by atoms with E-state index in [0.717, 1.165) is 0 Å². The van der Waals surface area contributed by atoms with Crippen molar-refractivity contribution in [2.75, 3.05) is 0 Å². The van der Waals surface area contributed by atoms with Crippen molar-refractivity contribution in [2.24, 2.45) is 0 Å². The lowest BCUT2D eigenvalue weighted by Crippen LogP contribution is -2.18. The van der Waals surface area contributed by atoms with E-state index < -0.39 is 30.4 Å². The molecule has 0 saturated heterocycles. The average molecular weight is 433 g/mol. The van der Waals surface area contributed by atoms with Crippen LogP contribution in [0.2, 0.25) is 0 Å². The molecule has 6 heteroatoms. The largest absolute Gasteiger partial charge is 0.459 e. The predicted octanol–water partition coefficient (Wildman–Crippen LogP) is 3.05. The number of esters is 1. The quantitative estimate of drug-likeness (QED) is 0.475. The first-order valence-corrected chi connectivity index (χ1v) is 10.8. The van der Waals surface area contributed by atoms with Crippen molar-refractivity contribution in [3.05, 3.63) is 72.9 Å². The Morgan fingerprint density at radius 2 is 1.42 bits per heavy atom. The minimum absolute atomic E-state index is 0.200. The number of aliphatic hydroxyl groups excluding tert-OH is 4. The van der Waals surface area contributed by atoms with E-state index >= 15 is 0 Å². The summed E-state index contributed by atoms with van der Waals surface area (Å²) >= 11 is 0. The highest BCUT2D eigenvalue weighted by molar-refractivity contribution is 5.82. The van der Waals surface area contributed by atoms with Crippen molar-refractivity contribution >= 4 is 5.97 Å². The standard InChI is InChI=1S/C25H36O6/c1-2-24-18-17-21(27)13-9-10-15-23(29)19-22(28)14-7-3-5-11-20(26)12-6-4-8-16-25(30)31-24/h3-11,13,15-16,20-24,26-29H,2,12,14,17-19H2,1H3/b6-4+,7-3-,11-5+,13-9+,15-10+,16-8-/t20-,21+,22+,23+,24-/m1/s1. The highest BCUT2D eigenvalue weighted by Crippen LogP contribution is 2.11. The SMILES string of the molecule is CC[C@@H]1CC[C@@H](O)/C=C/C=C/[C@H](O)C[C@@H](O)C/C=C\C=C\[C@@H](O)C/C=C/C=C\C(=O)O1. The monoisotopic (exact) mass is 432 g/mol. The van der Waals surface area contributed by atoms with E-state index in [4.69, 9.17) is 4.74 Å². The van der Waals surface area contributed by atoms with Crippen LogP contribution in [0, 0.1) is 0 Å². The van der Waals surface area contributed by atoms with E-state index in [1.165, 1.54) is 6.08 Å². The normalized spacial score (nSPS) is 36.3. The second-order valence-electron chi connectivity index (χ2n) is 7.48. The molecule has 0 aromatic carbocycles. The summed E-state index contributed by atoms with van der Waals surface area (Å²) in [5, 5.41) is 39.9. The molecule has 1 heterocycles. The fourth-order valence-electron chi connectivity index (χ4n) is 2.86. The Morgan fingerprint density at radius 1 is 0.806 bits per heavy atom. The molecule has 0 fully saturated rings. The smallest absolute Gasteiger partial charge is 0.331 e. The number of cyclic esters (lactones) is 1. The first kappa shape index (κ1) is 26.8. The van der Waals surface area contributed by atoms with Gasteiger partial charge >= 0.3 is 5.97 Å². The van der Waals surface area contributed by atoms with Gasteiger partial charge in [-0.25, -0.2) is 4.79 Å². The van der Waals surface area contributed by atoms with Gasteiger partial charge in [-0.3, -0.25) is 0 Å². The lowest BCUT2D eigenvalue weighted by molar-refractivity contribution is -0.143. The second-order valence-corrected chi connectivity index (χ2v) is 7.48. The third-order valence-electron chi connectivity index (χ3n) is 4.66. The Hall–Kier alpha value is -2.25. The molecule has 0 bridgehead atoms. The summed E-state index contributed by atoms with van der Waals surface area (Å²) in [4.78, 5) is 11.9. The number of carbonyl (C=O) groups excluding carboxylic acids is 1. The van der Waals surface area contributed by atoms with Crippen molar-refractivity contribution in [3.8, 4) is 0 Å². The zero-order valence-corrected chi connectivity index (χ0v) is 18.2. The summed E-state index contributed by atoms with van der Waals surface area (Å²) in [6.45, 7) is 1.92. The minimum Gasteiger partial charge on any atom is -0.459 e. The van der Waals surface area contributed by atoms with Gasteiger partial charge in [0.05, 0.1) is 24.4 Å². The average Bonchev–Trinajstić information content (AvgIpc) is 2.73. The molecule has 0 aliphatic carbocycles. The molecule has 5 atom stereocenters. The van der Waals surface area contributed by atoms with Crippen molar-refractivity contribution in [3.63, 3.8) is 0 Å². The maximum absolute atomic E-state index is 11.9. The summed E-state index contributed by atoms with van der Waals surface area (Å²) in [5.74, 6) is -0.444. The Bertz CT molecular complexity index is 673. The van der Waals surface area contributed by atoms with Gasteiger partial charge in [0.2, 0.25) is 0 Å². The minimum atomic E-state index is -0.795. The predicted molar refractivity (Wildman–Crippen MR) is 122 cm³/mol. The van der Waals surface area contributed by atoms with Gasteiger partial charge in [-0.15, -0.1) is 0 Å². The number of rotatable bonds is 1. The fraction of sp³-hybridized carbons (Fsp3) is 0.480. The van der Waals surface area contributed by atoms with E-state index in [0.29, 0.717) is 32.1 Å². The number of hydrogen-bond acceptors (Lipinski definition) is 6. The van der Waals surface area contributed by atoms with Crippen molar-refractivity contribution in [1.82, 2.24) is 0 Å². The van der Waals surface area contributed by atoms with Crippen LogP contribution in [0.25, 0.3) is 0 Å². The molecule has 1 rings (SSSR count). The molecular formula is C25H36O6. The molecule has 0 radical (unpaired) electrons. The van der Waals surface area contributed by atoms with E-state index in [1.54, 1.807) is 66.8 Å². The fourth-order valence-corrected chi connectivity index (χ4v) is 2.86. The van der Waals surface area contributed by atoms with Gasteiger partial charge in [-0.2, -0.15) is 0 Å². The molecule has 0 aromatic heterocycles. The zero-order valence-electron chi connectivity index (χ0n) is 18.2. The van der Waals surface area contributed by atoms with E-state index in [2.05, 4.69) is 0 Å². The summed E-state index contributed by atoms with van der Waals surface area (Å²) in [7, 11) is 0. The lowest BCUT2D eigenvalue weighted by Gasteiger charge is -2.16. The number of carbonyl (C=O) groups is 1. The molecule has 0 amide bonds. The molecule has 6 nitrogen and oxygen atoms in total. The van der Waals surface area contributed by atoms with Crippen LogP contribution in [0.5, 0.6) is 0 Å². The van der Waals surface area contributed by atoms with Gasteiger partial charge in [0.1, 0.15) is 6.10 Å². The van der Waals surface area contributed by atoms with Gasteiger partial charge in [-0.1, -0.05) is 73.8 Å². The van der Waals surface area contributed by atoms with Crippen molar-refractivity contribution in [1.29, 1.82) is 0 Å². The van der Waals surface area contributed by atoms with E-state index in [-0.39, 0.29) is 12.5 Å². The highest BCUT2D eigenvalue weighted by atomic mass is 16.5. The number of ether oxygens (including phenoxy) is 1. The Labute approximate surface area is 185 Å².